The average Bonchev–Trinajstić information content (AvgIpc) is 1.96. The van der Waals surface area contributed by atoms with Crippen LogP contribution in [0.1, 0.15) is 20.8 Å². The molecule has 70 valence electrons. The van der Waals surface area contributed by atoms with Crippen molar-refractivity contribution in [1.29, 1.82) is 0 Å². The smallest absolute Gasteiger partial charge is 0.246 e. The normalized spacial score (nSPS) is 10.0. The second kappa shape index (κ2) is 5.71. The van der Waals surface area contributed by atoms with Gasteiger partial charge in [0.2, 0.25) is 5.91 Å². The number of hydrogen-bond donors (Lipinski definition) is 1. The average molecular weight is 173 g/mol. The van der Waals surface area contributed by atoms with Crippen LogP contribution in [0.4, 0.5) is 0 Å². The van der Waals surface area contributed by atoms with Gasteiger partial charge in [0.05, 0.1) is 12.6 Å². The molecule has 4 nitrogen and oxygen atoms in total. The third kappa shape index (κ3) is 7.21. The first-order valence-corrected chi connectivity index (χ1v) is 3.90. The predicted molar refractivity (Wildman–Crippen MR) is 44.8 cm³/mol. The lowest BCUT2D eigenvalue weighted by Gasteiger charge is -2.06. The van der Waals surface area contributed by atoms with Gasteiger partial charge >= 0.3 is 0 Å². The Bertz CT molecular complexity index is 166. The Morgan fingerprint density at radius 3 is 2.42 bits per heavy atom. The zero-order valence-electron chi connectivity index (χ0n) is 7.72. The summed E-state index contributed by atoms with van der Waals surface area (Å²) >= 11 is 0. The number of ether oxygens (including phenoxy) is 1. The van der Waals surface area contributed by atoms with Crippen molar-refractivity contribution in [2.45, 2.75) is 26.9 Å². The molecule has 1 N–H and O–H groups in total. The third-order valence-corrected chi connectivity index (χ3v) is 1.08. The highest BCUT2D eigenvalue weighted by Crippen LogP contribution is 1.85. The van der Waals surface area contributed by atoms with Crippen molar-refractivity contribution in [3.63, 3.8) is 0 Å². The molecule has 0 aromatic rings. The number of hydrogen-bond acceptors (Lipinski definition) is 3. The number of amides is 1. The highest BCUT2D eigenvalue weighted by molar-refractivity contribution is 5.84. The van der Waals surface area contributed by atoms with E-state index in [1.807, 2.05) is 13.8 Å². The minimum atomic E-state index is -0.251. The van der Waals surface area contributed by atoms with Gasteiger partial charge < -0.3 is 10.1 Å². The van der Waals surface area contributed by atoms with Crippen molar-refractivity contribution >= 4 is 11.7 Å². The van der Waals surface area contributed by atoms with Gasteiger partial charge in [-0.1, -0.05) is 0 Å². The van der Waals surface area contributed by atoms with E-state index in [9.17, 15) is 9.59 Å². The topological polar surface area (TPSA) is 55.4 Å². The van der Waals surface area contributed by atoms with Crippen LogP contribution in [-0.2, 0) is 14.3 Å². The zero-order chi connectivity index (χ0) is 9.56. The molecule has 1 amide bonds. The molecule has 0 radical (unpaired) electrons. The molecule has 0 atom stereocenters. The third-order valence-electron chi connectivity index (χ3n) is 1.08. The number of carbonyl (C=O) groups excluding carboxylic acids is 2. The molecule has 0 fully saturated rings. The summed E-state index contributed by atoms with van der Waals surface area (Å²) in [6.45, 7) is 5.21. The van der Waals surface area contributed by atoms with Crippen LogP contribution in [0, 0.1) is 0 Å². The Labute approximate surface area is 72.3 Å². The van der Waals surface area contributed by atoms with Crippen molar-refractivity contribution < 1.29 is 14.3 Å². The maximum absolute atomic E-state index is 10.9. The summed E-state index contributed by atoms with van der Waals surface area (Å²) in [6, 6.07) is 0. The summed E-state index contributed by atoms with van der Waals surface area (Å²) in [5, 5.41) is 2.42. The van der Waals surface area contributed by atoms with E-state index in [0.29, 0.717) is 0 Å². The molecule has 0 aromatic carbocycles. The highest BCUT2D eigenvalue weighted by Gasteiger charge is 2.02. The lowest BCUT2D eigenvalue weighted by Crippen LogP contribution is -2.32. The molecule has 0 aromatic heterocycles. The predicted octanol–water partition coefficient (Wildman–Crippen LogP) is 0.117. The van der Waals surface area contributed by atoms with Gasteiger partial charge in [-0.05, 0) is 20.8 Å². The van der Waals surface area contributed by atoms with Crippen LogP contribution >= 0.6 is 0 Å². The van der Waals surface area contributed by atoms with E-state index in [0.717, 1.165) is 0 Å². The lowest BCUT2D eigenvalue weighted by atomic mass is 10.4. The second-order valence-corrected chi connectivity index (χ2v) is 2.84. The molecule has 0 bridgehead atoms. The molecule has 0 unspecified atom stereocenters. The quantitative estimate of drug-likeness (QED) is 0.642. The molecular weight excluding hydrogens is 158 g/mol. The van der Waals surface area contributed by atoms with Crippen molar-refractivity contribution in [1.82, 2.24) is 5.32 Å². The molecule has 0 aliphatic carbocycles. The molecule has 0 aliphatic rings. The Morgan fingerprint density at radius 1 is 1.42 bits per heavy atom. The highest BCUT2D eigenvalue weighted by atomic mass is 16.5. The van der Waals surface area contributed by atoms with Crippen LogP contribution in [0.3, 0.4) is 0 Å². The Kier molecular flexibility index (Phi) is 5.28. The first-order valence-electron chi connectivity index (χ1n) is 3.90. The molecule has 0 saturated heterocycles. The molecule has 0 spiro atoms. The molecule has 0 rings (SSSR count). The molecule has 0 heterocycles. The van der Waals surface area contributed by atoms with Gasteiger partial charge in [0.15, 0.2) is 0 Å². The molecule has 12 heavy (non-hydrogen) atoms. The van der Waals surface area contributed by atoms with Crippen LogP contribution in [0.25, 0.3) is 0 Å². The maximum atomic E-state index is 10.9. The second-order valence-electron chi connectivity index (χ2n) is 2.84. The molecule has 0 aliphatic heterocycles. The molecule has 4 heteroatoms. The van der Waals surface area contributed by atoms with Crippen LogP contribution < -0.4 is 5.32 Å². The van der Waals surface area contributed by atoms with Crippen molar-refractivity contribution in [3.05, 3.63) is 0 Å². The number of ketones is 1. The van der Waals surface area contributed by atoms with Crippen LogP contribution in [0.5, 0.6) is 0 Å². The van der Waals surface area contributed by atoms with Crippen LogP contribution in [-0.4, -0.2) is 30.9 Å². The Hall–Kier alpha value is -0.900. The number of Topliss-reactive ketones (excluding diaryl/α,β-unsaturated/α-hetero) is 1. The van der Waals surface area contributed by atoms with E-state index in [4.69, 9.17) is 4.74 Å². The summed E-state index contributed by atoms with van der Waals surface area (Å²) < 4.78 is 5.01. The number of nitrogens with one attached hydrogen (secondary N) is 1. The van der Waals surface area contributed by atoms with E-state index in [2.05, 4.69) is 5.32 Å². The van der Waals surface area contributed by atoms with Gasteiger partial charge in [-0.15, -0.1) is 0 Å². The van der Waals surface area contributed by atoms with E-state index >= 15 is 0 Å². The SMILES string of the molecule is CC(=O)CNC(=O)COC(C)C. The zero-order valence-corrected chi connectivity index (χ0v) is 7.72. The first kappa shape index (κ1) is 11.1. The Morgan fingerprint density at radius 2 is 2.00 bits per heavy atom. The maximum Gasteiger partial charge on any atom is 0.246 e. The fourth-order valence-electron chi connectivity index (χ4n) is 0.516. The van der Waals surface area contributed by atoms with Crippen molar-refractivity contribution in [2.75, 3.05) is 13.2 Å². The van der Waals surface area contributed by atoms with Gasteiger partial charge in [-0.25, -0.2) is 0 Å². The number of rotatable bonds is 5. The summed E-state index contributed by atoms with van der Waals surface area (Å²) in [5.74, 6) is -0.313. The van der Waals surface area contributed by atoms with E-state index in [1.165, 1.54) is 6.92 Å². The van der Waals surface area contributed by atoms with Crippen molar-refractivity contribution in [3.8, 4) is 0 Å². The van der Waals surface area contributed by atoms with Gasteiger partial charge in [-0.3, -0.25) is 9.59 Å². The standard InChI is InChI=1S/C8H15NO3/c1-6(2)12-5-8(11)9-4-7(3)10/h6H,4-5H2,1-3H3,(H,9,11). The first-order chi connectivity index (χ1) is 5.52. The van der Waals surface area contributed by atoms with Gasteiger partial charge in [0.25, 0.3) is 0 Å². The van der Waals surface area contributed by atoms with Gasteiger partial charge in [0, 0.05) is 0 Å². The fraction of sp³-hybridized carbons (Fsp3) is 0.750. The number of carbonyl (C=O) groups is 2. The van der Waals surface area contributed by atoms with Crippen molar-refractivity contribution in [2.24, 2.45) is 0 Å². The summed E-state index contributed by atoms with van der Waals surface area (Å²) in [4.78, 5) is 21.3. The van der Waals surface area contributed by atoms with E-state index in [-0.39, 0.29) is 30.9 Å². The van der Waals surface area contributed by atoms with Gasteiger partial charge in [0.1, 0.15) is 12.4 Å². The minimum Gasteiger partial charge on any atom is -0.369 e. The van der Waals surface area contributed by atoms with Crippen LogP contribution in [0.15, 0.2) is 0 Å². The monoisotopic (exact) mass is 173 g/mol. The molecule has 0 saturated carbocycles. The summed E-state index contributed by atoms with van der Waals surface area (Å²) in [6.07, 6.45) is 0.0353. The Balaban J connectivity index is 3.40. The van der Waals surface area contributed by atoms with E-state index in [1.54, 1.807) is 0 Å². The van der Waals surface area contributed by atoms with Crippen LogP contribution in [0.2, 0.25) is 0 Å². The van der Waals surface area contributed by atoms with Gasteiger partial charge in [-0.2, -0.15) is 0 Å². The lowest BCUT2D eigenvalue weighted by molar-refractivity contribution is -0.129. The molecular formula is C8H15NO3. The largest absolute Gasteiger partial charge is 0.369 e. The minimum absolute atomic E-state index is 0.0188. The summed E-state index contributed by atoms with van der Waals surface area (Å²) in [7, 11) is 0. The summed E-state index contributed by atoms with van der Waals surface area (Å²) in [5.41, 5.74) is 0. The fourth-order valence-corrected chi connectivity index (χ4v) is 0.516. The van der Waals surface area contributed by atoms with E-state index < -0.39 is 0 Å².